The van der Waals surface area contributed by atoms with Gasteiger partial charge in [-0.05, 0) is 18.1 Å². The molecule has 0 radical (unpaired) electrons. The third-order valence-corrected chi connectivity index (χ3v) is 2.12. The number of H-pyrrole nitrogens is 1. The third kappa shape index (κ3) is 1.26. The van der Waals surface area contributed by atoms with E-state index in [1.165, 1.54) is 5.56 Å². The summed E-state index contributed by atoms with van der Waals surface area (Å²) in [6, 6.07) is 2.21. The lowest BCUT2D eigenvalue weighted by molar-refractivity contribution is -0.109. The number of rotatable bonds is 2. The molecule has 2 rings (SSSR count). The van der Waals surface area contributed by atoms with Gasteiger partial charge in [0.1, 0.15) is 6.29 Å². The van der Waals surface area contributed by atoms with Crippen molar-refractivity contribution in [1.29, 1.82) is 0 Å². The molecular weight excluding hydrogens is 154 g/mol. The highest BCUT2D eigenvalue weighted by Gasteiger charge is 2.24. The van der Waals surface area contributed by atoms with Crippen molar-refractivity contribution in [1.82, 2.24) is 15.8 Å². The average Bonchev–Trinajstić information content (AvgIpc) is 2.75. The number of hydrogen-bond acceptors (Lipinski definition) is 3. The highest BCUT2D eigenvalue weighted by molar-refractivity contribution is 5.58. The monoisotopic (exact) mass is 165 g/mol. The SMILES string of the molecule is O=CC1CC(c2cc[nH]c2)NN1. The third-order valence-electron chi connectivity index (χ3n) is 2.12. The Morgan fingerprint density at radius 3 is 3.00 bits per heavy atom. The maximum atomic E-state index is 10.4. The van der Waals surface area contributed by atoms with Crippen LogP contribution in [0, 0.1) is 0 Å². The molecule has 0 aromatic carbocycles. The van der Waals surface area contributed by atoms with Gasteiger partial charge in [-0.1, -0.05) is 0 Å². The second-order valence-electron chi connectivity index (χ2n) is 2.96. The Bertz CT molecular complexity index is 257. The molecule has 1 aromatic rings. The van der Waals surface area contributed by atoms with Gasteiger partial charge in [0.05, 0.1) is 6.04 Å². The summed E-state index contributed by atoms with van der Waals surface area (Å²) in [6.07, 6.45) is 5.57. The summed E-state index contributed by atoms with van der Waals surface area (Å²) in [5.74, 6) is 0. The molecule has 2 atom stereocenters. The van der Waals surface area contributed by atoms with Crippen molar-refractivity contribution in [2.45, 2.75) is 18.5 Å². The minimum Gasteiger partial charge on any atom is -0.367 e. The van der Waals surface area contributed by atoms with Crippen molar-refractivity contribution < 1.29 is 4.79 Å². The van der Waals surface area contributed by atoms with Crippen molar-refractivity contribution in [2.75, 3.05) is 0 Å². The van der Waals surface area contributed by atoms with E-state index in [2.05, 4.69) is 15.8 Å². The average molecular weight is 165 g/mol. The molecule has 0 bridgehead atoms. The molecule has 0 amide bonds. The van der Waals surface area contributed by atoms with E-state index in [1.807, 2.05) is 18.5 Å². The molecule has 0 spiro atoms. The molecule has 0 aliphatic carbocycles. The summed E-state index contributed by atoms with van der Waals surface area (Å²) in [4.78, 5) is 13.4. The normalized spacial score (nSPS) is 29.0. The summed E-state index contributed by atoms with van der Waals surface area (Å²) >= 11 is 0. The molecule has 2 heterocycles. The van der Waals surface area contributed by atoms with E-state index in [4.69, 9.17) is 0 Å². The molecule has 1 fully saturated rings. The van der Waals surface area contributed by atoms with Gasteiger partial charge in [0.25, 0.3) is 0 Å². The van der Waals surface area contributed by atoms with Crippen LogP contribution in [-0.4, -0.2) is 17.3 Å². The summed E-state index contributed by atoms with van der Waals surface area (Å²) in [6.45, 7) is 0. The minimum atomic E-state index is -0.0510. The van der Waals surface area contributed by atoms with Gasteiger partial charge in [0.15, 0.2) is 0 Å². The van der Waals surface area contributed by atoms with Crippen LogP contribution in [0.15, 0.2) is 18.5 Å². The van der Waals surface area contributed by atoms with Crippen LogP contribution in [0.2, 0.25) is 0 Å². The van der Waals surface area contributed by atoms with Gasteiger partial charge < -0.3 is 9.78 Å². The first-order valence-electron chi connectivity index (χ1n) is 3.99. The zero-order valence-electron chi connectivity index (χ0n) is 6.58. The van der Waals surface area contributed by atoms with Crippen LogP contribution in [0.1, 0.15) is 18.0 Å². The lowest BCUT2D eigenvalue weighted by Crippen LogP contribution is -2.31. The first-order valence-corrected chi connectivity index (χ1v) is 3.99. The molecule has 64 valence electrons. The van der Waals surface area contributed by atoms with E-state index < -0.39 is 0 Å². The number of aromatic amines is 1. The molecule has 1 saturated heterocycles. The molecule has 1 aliphatic rings. The van der Waals surface area contributed by atoms with Gasteiger partial charge >= 0.3 is 0 Å². The standard InChI is InChI=1S/C8H11N3O/c12-5-7-3-8(11-10-7)6-1-2-9-4-6/h1-2,4-5,7-11H,3H2. The van der Waals surface area contributed by atoms with Gasteiger partial charge in [-0.25, -0.2) is 10.9 Å². The lowest BCUT2D eigenvalue weighted by Gasteiger charge is -2.04. The van der Waals surface area contributed by atoms with Crippen LogP contribution >= 0.6 is 0 Å². The smallest absolute Gasteiger partial charge is 0.138 e. The Labute approximate surface area is 70.3 Å². The molecule has 1 aliphatic heterocycles. The fraction of sp³-hybridized carbons (Fsp3) is 0.375. The number of nitrogens with one attached hydrogen (secondary N) is 3. The van der Waals surface area contributed by atoms with E-state index in [-0.39, 0.29) is 12.1 Å². The fourth-order valence-electron chi connectivity index (χ4n) is 1.44. The molecule has 3 N–H and O–H groups in total. The van der Waals surface area contributed by atoms with Crippen molar-refractivity contribution in [3.05, 3.63) is 24.0 Å². The van der Waals surface area contributed by atoms with Crippen molar-refractivity contribution in [3.63, 3.8) is 0 Å². The first kappa shape index (κ1) is 7.52. The fourth-order valence-corrected chi connectivity index (χ4v) is 1.44. The molecule has 4 heteroatoms. The van der Waals surface area contributed by atoms with Crippen molar-refractivity contribution in [2.24, 2.45) is 0 Å². The second kappa shape index (κ2) is 3.08. The summed E-state index contributed by atoms with van der Waals surface area (Å²) in [5, 5.41) is 0. The van der Waals surface area contributed by atoms with Crippen LogP contribution in [0.25, 0.3) is 0 Å². The molecule has 12 heavy (non-hydrogen) atoms. The maximum Gasteiger partial charge on any atom is 0.138 e. The Morgan fingerprint density at radius 2 is 2.42 bits per heavy atom. The Kier molecular flexibility index (Phi) is 1.93. The maximum absolute atomic E-state index is 10.4. The van der Waals surface area contributed by atoms with Gasteiger partial charge in [-0.3, -0.25) is 0 Å². The molecule has 4 nitrogen and oxygen atoms in total. The van der Waals surface area contributed by atoms with Gasteiger partial charge in [-0.2, -0.15) is 0 Å². The number of hydrogen-bond donors (Lipinski definition) is 3. The summed E-state index contributed by atoms with van der Waals surface area (Å²) < 4.78 is 0. The van der Waals surface area contributed by atoms with Gasteiger partial charge in [0, 0.05) is 18.4 Å². The topological polar surface area (TPSA) is 56.9 Å². The molecule has 1 aromatic heterocycles. The highest BCUT2D eigenvalue weighted by Crippen LogP contribution is 2.20. The van der Waals surface area contributed by atoms with E-state index in [0.29, 0.717) is 0 Å². The van der Waals surface area contributed by atoms with Crippen LogP contribution in [0.4, 0.5) is 0 Å². The van der Waals surface area contributed by atoms with Crippen molar-refractivity contribution >= 4 is 6.29 Å². The first-order chi connectivity index (χ1) is 5.90. The van der Waals surface area contributed by atoms with E-state index in [0.717, 1.165) is 12.7 Å². The zero-order valence-corrected chi connectivity index (χ0v) is 6.58. The summed E-state index contributed by atoms with van der Waals surface area (Å²) in [7, 11) is 0. The Morgan fingerprint density at radius 1 is 1.50 bits per heavy atom. The van der Waals surface area contributed by atoms with Crippen molar-refractivity contribution in [3.8, 4) is 0 Å². The van der Waals surface area contributed by atoms with E-state index >= 15 is 0 Å². The number of carbonyl (C=O) groups excluding carboxylic acids is 1. The Hall–Kier alpha value is -1.13. The van der Waals surface area contributed by atoms with Crippen LogP contribution < -0.4 is 10.9 Å². The zero-order chi connectivity index (χ0) is 8.39. The molecular formula is C8H11N3O. The summed E-state index contributed by atoms with van der Waals surface area (Å²) in [5.41, 5.74) is 7.16. The lowest BCUT2D eigenvalue weighted by atomic mass is 10.1. The quantitative estimate of drug-likeness (QED) is 0.546. The van der Waals surface area contributed by atoms with Gasteiger partial charge in [0.2, 0.25) is 0 Å². The van der Waals surface area contributed by atoms with Crippen LogP contribution in [0.5, 0.6) is 0 Å². The minimum absolute atomic E-state index is 0.0510. The predicted molar refractivity (Wildman–Crippen MR) is 44.3 cm³/mol. The number of aldehydes is 1. The molecule has 0 saturated carbocycles. The predicted octanol–water partition coefficient (Wildman–Crippen LogP) is 0.121. The number of aromatic nitrogens is 1. The largest absolute Gasteiger partial charge is 0.367 e. The molecule has 2 unspecified atom stereocenters. The number of hydrazine groups is 1. The second-order valence-corrected chi connectivity index (χ2v) is 2.96. The van der Waals surface area contributed by atoms with Crippen LogP contribution in [-0.2, 0) is 4.79 Å². The Balaban J connectivity index is 2.04. The van der Waals surface area contributed by atoms with Gasteiger partial charge in [-0.15, -0.1) is 0 Å². The van der Waals surface area contributed by atoms with E-state index in [1.54, 1.807) is 0 Å². The highest BCUT2D eigenvalue weighted by atomic mass is 16.1. The van der Waals surface area contributed by atoms with Crippen LogP contribution in [0.3, 0.4) is 0 Å². The van der Waals surface area contributed by atoms with E-state index in [9.17, 15) is 4.79 Å². The number of carbonyl (C=O) groups is 1.